The van der Waals surface area contributed by atoms with E-state index in [4.69, 9.17) is 0 Å². The monoisotopic (exact) mass is 405 g/mol. The van der Waals surface area contributed by atoms with Crippen molar-refractivity contribution in [1.82, 2.24) is 14.8 Å². The lowest BCUT2D eigenvalue weighted by Gasteiger charge is -2.30. The van der Waals surface area contributed by atoms with Crippen molar-refractivity contribution in [3.05, 3.63) is 65.5 Å². The highest BCUT2D eigenvalue weighted by molar-refractivity contribution is 5.77. The molecule has 2 fully saturated rings. The van der Waals surface area contributed by atoms with Gasteiger partial charge in [-0.1, -0.05) is 30.3 Å². The molecule has 4 rings (SSSR count). The van der Waals surface area contributed by atoms with Gasteiger partial charge in [0.1, 0.15) is 0 Å². The number of pyridine rings is 1. The zero-order chi connectivity index (χ0) is 21.1. The molecule has 3 atom stereocenters. The minimum absolute atomic E-state index is 0.0806. The predicted molar refractivity (Wildman–Crippen MR) is 117 cm³/mol. The van der Waals surface area contributed by atoms with Crippen molar-refractivity contribution < 1.29 is 9.59 Å². The summed E-state index contributed by atoms with van der Waals surface area (Å²) in [6.45, 7) is 6.07. The number of amides is 2. The Hall–Kier alpha value is -2.69. The van der Waals surface area contributed by atoms with Crippen molar-refractivity contribution in [2.45, 2.75) is 45.6 Å². The van der Waals surface area contributed by atoms with Crippen LogP contribution in [0.2, 0.25) is 0 Å². The van der Waals surface area contributed by atoms with E-state index < -0.39 is 0 Å². The molecule has 0 N–H and O–H groups in total. The van der Waals surface area contributed by atoms with E-state index in [2.05, 4.69) is 30.1 Å². The fourth-order valence-electron chi connectivity index (χ4n) is 5.20. The van der Waals surface area contributed by atoms with Crippen molar-refractivity contribution in [3.63, 3.8) is 0 Å². The number of aromatic nitrogens is 1. The molecule has 0 saturated carbocycles. The molecule has 0 bridgehead atoms. The minimum atomic E-state index is 0.0806. The first-order chi connectivity index (χ1) is 14.5. The molecule has 2 aliphatic heterocycles. The van der Waals surface area contributed by atoms with E-state index in [1.165, 1.54) is 16.7 Å². The van der Waals surface area contributed by atoms with Gasteiger partial charge in [-0.05, 0) is 48.9 Å². The Labute approximate surface area is 179 Å². The Morgan fingerprint density at radius 2 is 1.90 bits per heavy atom. The maximum absolute atomic E-state index is 12.8. The number of aryl methyl sites for hydroxylation is 2. The van der Waals surface area contributed by atoms with Crippen LogP contribution < -0.4 is 0 Å². The molecule has 3 heterocycles. The number of carbonyl (C=O) groups excluding carboxylic acids is 2. The van der Waals surface area contributed by atoms with Gasteiger partial charge >= 0.3 is 0 Å². The molecule has 5 heteroatoms. The average Bonchev–Trinajstić information content (AvgIpc) is 3.31. The molecule has 0 radical (unpaired) electrons. The van der Waals surface area contributed by atoms with Crippen LogP contribution in [0.25, 0.3) is 0 Å². The molecule has 2 aliphatic rings. The van der Waals surface area contributed by atoms with Gasteiger partial charge in [-0.25, -0.2) is 0 Å². The first-order valence-corrected chi connectivity index (χ1v) is 11.0. The molecular formula is C25H31N3O2. The smallest absolute Gasteiger partial charge is 0.222 e. The predicted octanol–water partition coefficient (Wildman–Crippen LogP) is 3.78. The number of rotatable bonds is 6. The summed E-state index contributed by atoms with van der Waals surface area (Å²) in [5, 5.41) is 0. The molecule has 0 unspecified atom stereocenters. The van der Waals surface area contributed by atoms with Crippen LogP contribution >= 0.6 is 0 Å². The Morgan fingerprint density at radius 1 is 1.07 bits per heavy atom. The van der Waals surface area contributed by atoms with Crippen LogP contribution in [0.1, 0.15) is 48.9 Å². The summed E-state index contributed by atoms with van der Waals surface area (Å²) in [6.07, 6.45) is 7.16. The van der Waals surface area contributed by atoms with Gasteiger partial charge in [-0.15, -0.1) is 0 Å². The van der Waals surface area contributed by atoms with E-state index in [1.807, 2.05) is 34.2 Å². The molecule has 2 amide bonds. The lowest BCUT2D eigenvalue weighted by Crippen LogP contribution is -2.36. The molecule has 5 nitrogen and oxygen atoms in total. The lowest BCUT2D eigenvalue weighted by atomic mass is 9.87. The van der Waals surface area contributed by atoms with E-state index in [1.54, 1.807) is 13.1 Å². The number of unbranched alkanes of at least 4 members (excludes halogenated alkanes) is 1. The SMILES string of the molecule is CC(=O)N1C[C@H]2CN(C(=O)CCCCc3cccnc3)C[C@H]2[C@@H]1c1ccccc1C. The minimum Gasteiger partial charge on any atom is -0.342 e. The maximum atomic E-state index is 12.8. The zero-order valence-corrected chi connectivity index (χ0v) is 18.0. The van der Waals surface area contributed by atoms with E-state index >= 15 is 0 Å². The molecule has 1 aromatic carbocycles. The quantitative estimate of drug-likeness (QED) is 0.687. The second-order valence-electron chi connectivity index (χ2n) is 8.76. The van der Waals surface area contributed by atoms with Crippen molar-refractivity contribution in [1.29, 1.82) is 0 Å². The van der Waals surface area contributed by atoms with E-state index in [9.17, 15) is 9.59 Å². The molecule has 0 spiro atoms. The van der Waals surface area contributed by atoms with Gasteiger partial charge in [0.15, 0.2) is 0 Å². The number of carbonyl (C=O) groups is 2. The summed E-state index contributed by atoms with van der Waals surface area (Å²) in [4.78, 5) is 33.4. The van der Waals surface area contributed by atoms with Gasteiger partial charge < -0.3 is 9.80 Å². The number of likely N-dealkylation sites (tertiary alicyclic amines) is 2. The number of hydrogen-bond donors (Lipinski definition) is 0. The normalized spacial score (nSPS) is 22.9. The van der Waals surface area contributed by atoms with Gasteiger partial charge in [0.05, 0.1) is 6.04 Å². The second kappa shape index (κ2) is 8.99. The number of benzene rings is 1. The topological polar surface area (TPSA) is 53.5 Å². The van der Waals surface area contributed by atoms with Crippen LogP contribution in [0.3, 0.4) is 0 Å². The van der Waals surface area contributed by atoms with Crippen molar-refractivity contribution in [2.24, 2.45) is 11.8 Å². The van der Waals surface area contributed by atoms with Crippen LogP contribution in [0, 0.1) is 18.8 Å². The summed E-state index contributed by atoms with van der Waals surface area (Å²) in [7, 11) is 0. The van der Waals surface area contributed by atoms with Gasteiger partial charge in [-0.3, -0.25) is 14.6 Å². The molecule has 158 valence electrons. The molecular weight excluding hydrogens is 374 g/mol. The number of nitrogens with zero attached hydrogens (tertiary/aromatic N) is 3. The fraction of sp³-hybridized carbons (Fsp3) is 0.480. The summed E-state index contributed by atoms with van der Waals surface area (Å²) in [6, 6.07) is 12.5. The van der Waals surface area contributed by atoms with E-state index in [0.717, 1.165) is 38.9 Å². The summed E-state index contributed by atoms with van der Waals surface area (Å²) >= 11 is 0. The second-order valence-corrected chi connectivity index (χ2v) is 8.76. The van der Waals surface area contributed by atoms with Crippen molar-refractivity contribution in [2.75, 3.05) is 19.6 Å². The van der Waals surface area contributed by atoms with Gasteiger partial charge in [0.25, 0.3) is 0 Å². The van der Waals surface area contributed by atoms with Gasteiger partial charge in [-0.2, -0.15) is 0 Å². The number of hydrogen-bond acceptors (Lipinski definition) is 3. The van der Waals surface area contributed by atoms with Crippen molar-refractivity contribution >= 4 is 11.8 Å². The zero-order valence-electron chi connectivity index (χ0n) is 18.0. The molecule has 1 aromatic heterocycles. The van der Waals surface area contributed by atoms with Crippen LogP contribution in [0.5, 0.6) is 0 Å². The van der Waals surface area contributed by atoms with Gasteiger partial charge in [0.2, 0.25) is 11.8 Å². The standard InChI is InChI=1S/C25H31N3O2/c1-18-8-3-5-11-22(18)25-23-17-27(15-21(23)16-28(25)19(2)29)24(30)12-6-4-9-20-10-7-13-26-14-20/h3,5,7-8,10-11,13-14,21,23,25H,4,6,9,12,15-17H2,1-2H3/t21-,23-,25+/m1/s1. The Balaban J connectivity index is 1.36. The Morgan fingerprint density at radius 3 is 2.63 bits per heavy atom. The highest BCUT2D eigenvalue weighted by Crippen LogP contribution is 2.45. The first-order valence-electron chi connectivity index (χ1n) is 11.0. The summed E-state index contributed by atoms with van der Waals surface area (Å²) < 4.78 is 0. The average molecular weight is 406 g/mol. The molecule has 0 aliphatic carbocycles. The van der Waals surface area contributed by atoms with Crippen molar-refractivity contribution in [3.8, 4) is 0 Å². The highest BCUT2D eigenvalue weighted by Gasteiger charge is 2.49. The van der Waals surface area contributed by atoms with Crippen LogP contribution in [0.15, 0.2) is 48.8 Å². The highest BCUT2D eigenvalue weighted by atomic mass is 16.2. The van der Waals surface area contributed by atoms with E-state index in [-0.39, 0.29) is 17.9 Å². The lowest BCUT2D eigenvalue weighted by molar-refractivity contribution is -0.131. The van der Waals surface area contributed by atoms with Crippen LogP contribution in [-0.2, 0) is 16.0 Å². The van der Waals surface area contributed by atoms with E-state index in [0.29, 0.717) is 18.3 Å². The fourth-order valence-corrected chi connectivity index (χ4v) is 5.20. The first kappa shape index (κ1) is 20.6. The molecule has 2 saturated heterocycles. The van der Waals surface area contributed by atoms with Crippen LogP contribution in [-0.4, -0.2) is 46.2 Å². The largest absolute Gasteiger partial charge is 0.342 e. The Kier molecular flexibility index (Phi) is 6.16. The van der Waals surface area contributed by atoms with Crippen LogP contribution in [0.4, 0.5) is 0 Å². The maximum Gasteiger partial charge on any atom is 0.222 e. The third-order valence-electron chi connectivity index (χ3n) is 6.76. The summed E-state index contributed by atoms with van der Waals surface area (Å²) in [5.74, 6) is 1.09. The third kappa shape index (κ3) is 4.25. The molecule has 2 aromatic rings. The molecule has 30 heavy (non-hydrogen) atoms. The number of fused-ring (bicyclic) bond motifs is 1. The van der Waals surface area contributed by atoms with Gasteiger partial charge in [0, 0.05) is 57.2 Å². The summed E-state index contributed by atoms with van der Waals surface area (Å²) in [5.41, 5.74) is 3.67. The Bertz CT molecular complexity index is 898. The third-order valence-corrected chi connectivity index (χ3v) is 6.76.